The van der Waals surface area contributed by atoms with Gasteiger partial charge in [-0.05, 0) is 12.1 Å². The predicted octanol–water partition coefficient (Wildman–Crippen LogP) is 0.759. The van der Waals surface area contributed by atoms with Gasteiger partial charge in [-0.3, -0.25) is 0 Å². The maximum absolute atomic E-state index is 8.63. The summed E-state index contributed by atoms with van der Waals surface area (Å²) in [5.74, 6) is 0. The number of aromatic nitrogens is 1. The second kappa shape index (κ2) is 2.40. The minimum Gasteiger partial charge on any atom is -0.371 e. The lowest BCUT2D eigenvalue weighted by atomic mass is 10.4. The lowest BCUT2D eigenvalue weighted by molar-refractivity contribution is 0.382. The van der Waals surface area contributed by atoms with Gasteiger partial charge in [0.2, 0.25) is 0 Å². The molecule has 1 aromatic heterocycles. The molecule has 0 unspecified atom stereocenters. The Bertz CT molecular complexity index is 293. The number of hydrogen-bond acceptors (Lipinski definition) is 2. The van der Waals surface area contributed by atoms with Crippen LogP contribution in [-0.2, 0) is 11.3 Å². The Labute approximate surface area is 64.8 Å². The molecule has 0 bridgehead atoms. The zero-order valence-electron chi connectivity index (χ0n) is 6.03. The van der Waals surface area contributed by atoms with Crippen LogP contribution in [0.5, 0.6) is 0 Å². The third-order valence-corrected chi connectivity index (χ3v) is 1.75. The zero-order valence-corrected chi connectivity index (χ0v) is 6.03. The highest BCUT2D eigenvalue weighted by Gasteiger charge is 2.23. The quantitative estimate of drug-likeness (QED) is 0.581. The number of ether oxygens (including phenoxy) is 1. The number of nitrogens with zero attached hydrogens (tertiary/aromatic N) is 2. The first-order valence-electron chi connectivity index (χ1n) is 3.57. The van der Waals surface area contributed by atoms with E-state index in [0.717, 1.165) is 13.2 Å². The van der Waals surface area contributed by atoms with Crippen molar-refractivity contribution in [3.63, 3.8) is 0 Å². The van der Waals surface area contributed by atoms with Crippen molar-refractivity contribution in [1.29, 1.82) is 5.26 Å². The highest BCUT2D eigenvalue weighted by Crippen LogP contribution is 2.13. The van der Waals surface area contributed by atoms with Gasteiger partial charge in [-0.2, -0.15) is 5.26 Å². The van der Waals surface area contributed by atoms with Gasteiger partial charge in [0.1, 0.15) is 11.8 Å². The minimum absolute atomic E-state index is 0.342. The molecule has 3 heteroatoms. The third kappa shape index (κ3) is 1.26. The van der Waals surface area contributed by atoms with Crippen LogP contribution in [0.25, 0.3) is 0 Å². The normalized spacial score (nSPS) is 21.2. The van der Waals surface area contributed by atoms with Crippen LogP contribution in [0.2, 0.25) is 0 Å². The molecule has 1 atom stereocenters. The van der Waals surface area contributed by atoms with Gasteiger partial charge in [-0.1, -0.05) is 0 Å². The molecule has 0 N–H and O–H groups in total. The lowest BCUT2D eigenvalue weighted by Gasteiger charge is -1.98. The van der Waals surface area contributed by atoms with Crippen LogP contribution in [0.15, 0.2) is 18.3 Å². The third-order valence-electron chi connectivity index (χ3n) is 1.75. The van der Waals surface area contributed by atoms with E-state index in [2.05, 4.69) is 6.07 Å². The van der Waals surface area contributed by atoms with Gasteiger partial charge in [0, 0.05) is 6.20 Å². The number of nitriles is 1. The van der Waals surface area contributed by atoms with E-state index in [0.29, 0.717) is 11.8 Å². The summed E-state index contributed by atoms with van der Waals surface area (Å²) in [6, 6.07) is 5.80. The largest absolute Gasteiger partial charge is 0.371 e. The molecule has 2 heterocycles. The van der Waals surface area contributed by atoms with Gasteiger partial charge in [0.05, 0.1) is 19.3 Å². The van der Waals surface area contributed by atoms with E-state index in [9.17, 15) is 0 Å². The van der Waals surface area contributed by atoms with Crippen molar-refractivity contribution in [2.75, 3.05) is 6.61 Å². The Morgan fingerprint density at radius 2 is 2.64 bits per heavy atom. The van der Waals surface area contributed by atoms with Crippen LogP contribution in [0.3, 0.4) is 0 Å². The first-order chi connectivity index (χ1) is 5.40. The van der Waals surface area contributed by atoms with Gasteiger partial charge < -0.3 is 9.30 Å². The monoisotopic (exact) mass is 148 g/mol. The molecule has 3 nitrogen and oxygen atoms in total. The first kappa shape index (κ1) is 6.44. The van der Waals surface area contributed by atoms with E-state index in [1.54, 1.807) is 0 Å². The molecule has 1 aliphatic heterocycles. The second-order valence-electron chi connectivity index (χ2n) is 2.61. The molecule has 0 amide bonds. The zero-order chi connectivity index (χ0) is 7.68. The second-order valence-corrected chi connectivity index (χ2v) is 2.61. The van der Waals surface area contributed by atoms with Crippen LogP contribution in [-0.4, -0.2) is 17.3 Å². The fraction of sp³-hybridized carbons (Fsp3) is 0.375. The molecule has 1 aromatic rings. The summed E-state index contributed by atoms with van der Waals surface area (Å²) in [4.78, 5) is 0. The Balaban J connectivity index is 2.15. The number of hydrogen-bond donors (Lipinski definition) is 0. The van der Waals surface area contributed by atoms with Crippen LogP contribution < -0.4 is 0 Å². The smallest absolute Gasteiger partial charge is 0.120 e. The van der Waals surface area contributed by atoms with Crippen LogP contribution in [0.4, 0.5) is 0 Å². The molecular weight excluding hydrogens is 140 g/mol. The van der Waals surface area contributed by atoms with Crippen molar-refractivity contribution < 1.29 is 4.74 Å². The topological polar surface area (TPSA) is 41.2 Å². The van der Waals surface area contributed by atoms with Gasteiger partial charge in [-0.15, -0.1) is 0 Å². The molecule has 0 aliphatic carbocycles. The van der Waals surface area contributed by atoms with Gasteiger partial charge in [-0.25, -0.2) is 0 Å². The summed E-state index contributed by atoms with van der Waals surface area (Å²) in [7, 11) is 0. The molecule has 56 valence electrons. The summed E-state index contributed by atoms with van der Waals surface area (Å²) in [5.41, 5.74) is 0.709. The molecule has 0 aromatic carbocycles. The van der Waals surface area contributed by atoms with Crippen molar-refractivity contribution >= 4 is 0 Å². The van der Waals surface area contributed by atoms with Gasteiger partial charge >= 0.3 is 0 Å². The van der Waals surface area contributed by atoms with Gasteiger partial charge in [0.25, 0.3) is 0 Å². The van der Waals surface area contributed by atoms with Crippen molar-refractivity contribution in [3.05, 3.63) is 24.0 Å². The molecule has 0 spiro atoms. The fourth-order valence-electron chi connectivity index (χ4n) is 1.07. The van der Waals surface area contributed by atoms with E-state index < -0.39 is 0 Å². The molecule has 1 saturated heterocycles. The minimum atomic E-state index is 0.342. The average Bonchev–Trinajstić information content (AvgIpc) is 2.68. The van der Waals surface area contributed by atoms with E-state index in [1.165, 1.54) is 0 Å². The van der Waals surface area contributed by atoms with Crippen molar-refractivity contribution in [3.8, 4) is 6.07 Å². The molecule has 1 fully saturated rings. The molecule has 2 rings (SSSR count). The number of epoxide rings is 1. The summed E-state index contributed by atoms with van der Waals surface area (Å²) in [6.07, 6.45) is 2.25. The maximum Gasteiger partial charge on any atom is 0.120 e. The van der Waals surface area contributed by atoms with Crippen LogP contribution in [0.1, 0.15) is 5.69 Å². The SMILES string of the molecule is N#Cc1cccn1C[C@H]1CO1. The number of rotatable bonds is 2. The summed E-state index contributed by atoms with van der Waals surface area (Å²) >= 11 is 0. The van der Waals surface area contributed by atoms with Crippen molar-refractivity contribution in [2.24, 2.45) is 0 Å². The Hall–Kier alpha value is -1.27. The fourth-order valence-corrected chi connectivity index (χ4v) is 1.07. The van der Waals surface area contributed by atoms with E-state index >= 15 is 0 Å². The van der Waals surface area contributed by atoms with Gasteiger partial charge in [0.15, 0.2) is 0 Å². The summed E-state index contributed by atoms with van der Waals surface area (Å²) < 4.78 is 6.97. The summed E-state index contributed by atoms with van der Waals surface area (Å²) in [5, 5.41) is 8.63. The summed E-state index contributed by atoms with van der Waals surface area (Å²) in [6.45, 7) is 1.65. The highest BCUT2D eigenvalue weighted by atomic mass is 16.6. The van der Waals surface area contributed by atoms with Crippen molar-refractivity contribution in [1.82, 2.24) is 4.57 Å². The Kier molecular flexibility index (Phi) is 1.41. The maximum atomic E-state index is 8.63. The molecule has 11 heavy (non-hydrogen) atoms. The first-order valence-corrected chi connectivity index (χ1v) is 3.57. The average molecular weight is 148 g/mol. The van der Waals surface area contributed by atoms with Crippen LogP contribution in [0, 0.1) is 11.3 Å². The highest BCUT2D eigenvalue weighted by molar-refractivity contribution is 5.22. The molecule has 0 saturated carbocycles. The Morgan fingerprint density at radius 3 is 3.27 bits per heavy atom. The van der Waals surface area contributed by atoms with Crippen LogP contribution >= 0.6 is 0 Å². The molecule has 0 radical (unpaired) electrons. The standard InChI is InChI=1S/C8H8N2O/c9-4-7-2-1-3-10(7)5-8-6-11-8/h1-3,8H,5-6H2/t8-/m0/s1. The van der Waals surface area contributed by atoms with Crippen molar-refractivity contribution in [2.45, 2.75) is 12.6 Å². The van der Waals surface area contributed by atoms with E-state index in [1.807, 2.05) is 22.9 Å². The molecular formula is C8H8N2O. The predicted molar refractivity (Wildman–Crippen MR) is 38.9 cm³/mol. The van der Waals surface area contributed by atoms with E-state index in [-0.39, 0.29) is 0 Å². The van der Waals surface area contributed by atoms with E-state index in [4.69, 9.17) is 10.00 Å². The lowest BCUT2D eigenvalue weighted by Crippen LogP contribution is -2.04. The Morgan fingerprint density at radius 1 is 1.82 bits per heavy atom. The molecule has 1 aliphatic rings.